The normalized spacial score (nSPS) is 13.7. The van der Waals surface area contributed by atoms with Crippen molar-refractivity contribution in [3.05, 3.63) is 52.6 Å². The number of carbonyl (C=O) groups excluding carboxylic acids is 1. The van der Waals surface area contributed by atoms with Gasteiger partial charge in [0.25, 0.3) is 5.91 Å². The number of nitrogens with one attached hydrogen (secondary N) is 1. The molecule has 0 bridgehead atoms. The quantitative estimate of drug-likeness (QED) is 0.578. The number of amides is 1. The summed E-state index contributed by atoms with van der Waals surface area (Å²) in [6.45, 7) is 1.92. The van der Waals surface area contributed by atoms with Gasteiger partial charge in [-0.1, -0.05) is 0 Å². The highest BCUT2D eigenvalue weighted by atomic mass is 16.6. The fraction of sp³-hybridized carbons (Fsp3) is 0.350. The largest absolute Gasteiger partial charge is 0.490 e. The summed E-state index contributed by atoms with van der Waals surface area (Å²) in [5, 5.41) is 13.7. The van der Waals surface area contributed by atoms with Crippen LogP contribution in [0.25, 0.3) is 0 Å². The molecule has 0 aromatic heterocycles. The molecule has 1 amide bonds. The standard InChI is InChI=1S/C20H23N3O5/c1-27-19-13-17(9-10-18(19)23(25)26)28-14-20(24)21-15-5-7-16(8-6-15)22-11-3-2-4-12-22/h5-10,13H,2-4,11-12,14H2,1H3,(H,21,24). The summed E-state index contributed by atoms with van der Waals surface area (Å²) in [4.78, 5) is 24.8. The van der Waals surface area contributed by atoms with Crippen LogP contribution in [-0.4, -0.2) is 37.6 Å². The molecule has 1 fully saturated rings. The summed E-state index contributed by atoms with van der Waals surface area (Å²) in [5.74, 6) is 0.0808. The minimum atomic E-state index is -0.539. The number of nitro groups is 1. The predicted octanol–water partition coefficient (Wildman–Crippen LogP) is 3.61. The molecule has 1 aliphatic rings. The predicted molar refractivity (Wildman–Crippen MR) is 106 cm³/mol. The van der Waals surface area contributed by atoms with Gasteiger partial charge >= 0.3 is 5.69 Å². The Bertz CT molecular complexity index is 832. The van der Waals surface area contributed by atoms with E-state index in [1.54, 1.807) is 0 Å². The molecular weight excluding hydrogens is 362 g/mol. The van der Waals surface area contributed by atoms with Crippen molar-refractivity contribution in [2.75, 3.05) is 37.0 Å². The number of rotatable bonds is 7. The van der Waals surface area contributed by atoms with Crippen LogP contribution < -0.4 is 19.7 Å². The second-order valence-corrected chi connectivity index (χ2v) is 6.52. The molecule has 8 heteroatoms. The molecule has 148 valence electrons. The van der Waals surface area contributed by atoms with Gasteiger partial charge in [0.2, 0.25) is 5.75 Å². The second kappa shape index (κ2) is 9.07. The van der Waals surface area contributed by atoms with Crippen molar-refractivity contribution in [2.24, 2.45) is 0 Å². The van der Waals surface area contributed by atoms with Crippen LogP contribution in [0, 0.1) is 10.1 Å². The van der Waals surface area contributed by atoms with Crippen molar-refractivity contribution in [3.63, 3.8) is 0 Å². The van der Waals surface area contributed by atoms with E-state index >= 15 is 0 Å². The van der Waals surface area contributed by atoms with Crippen LogP contribution in [0.4, 0.5) is 17.1 Å². The Hall–Kier alpha value is -3.29. The third-order valence-corrected chi connectivity index (χ3v) is 4.59. The average molecular weight is 385 g/mol. The molecule has 0 atom stereocenters. The zero-order chi connectivity index (χ0) is 19.9. The fourth-order valence-corrected chi connectivity index (χ4v) is 3.15. The molecule has 2 aromatic rings. The van der Waals surface area contributed by atoms with Crippen molar-refractivity contribution >= 4 is 23.0 Å². The van der Waals surface area contributed by atoms with Crippen LogP contribution in [0.15, 0.2) is 42.5 Å². The molecule has 0 aliphatic carbocycles. The molecule has 1 saturated heterocycles. The smallest absolute Gasteiger partial charge is 0.311 e. The van der Waals surface area contributed by atoms with E-state index in [1.165, 1.54) is 44.6 Å². The number of piperidine rings is 1. The number of ether oxygens (including phenoxy) is 2. The van der Waals surface area contributed by atoms with Crippen molar-refractivity contribution in [3.8, 4) is 11.5 Å². The summed E-state index contributed by atoms with van der Waals surface area (Å²) in [6, 6.07) is 11.9. The number of hydrogen-bond acceptors (Lipinski definition) is 6. The minimum absolute atomic E-state index is 0.0798. The van der Waals surface area contributed by atoms with Gasteiger partial charge in [-0.3, -0.25) is 14.9 Å². The Morgan fingerprint density at radius 1 is 1.14 bits per heavy atom. The van der Waals surface area contributed by atoms with Gasteiger partial charge in [0.1, 0.15) is 5.75 Å². The number of nitrogens with zero attached hydrogens (tertiary/aromatic N) is 2. The maximum absolute atomic E-state index is 12.1. The highest BCUT2D eigenvalue weighted by Crippen LogP contribution is 2.30. The van der Waals surface area contributed by atoms with E-state index < -0.39 is 4.92 Å². The number of benzene rings is 2. The van der Waals surface area contributed by atoms with Gasteiger partial charge < -0.3 is 19.7 Å². The lowest BCUT2D eigenvalue weighted by atomic mass is 10.1. The van der Waals surface area contributed by atoms with Gasteiger partial charge in [0.15, 0.2) is 6.61 Å². The first-order valence-corrected chi connectivity index (χ1v) is 9.17. The maximum atomic E-state index is 12.1. The molecule has 8 nitrogen and oxygen atoms in total. The number of methoxy groups -OCH3 is 1. The van der Waals surface area contributed by atoms with Crippen LogP contribution in [0.3, 0.4) is 0 Å². The van der Waals surface area contributed by atoms with E-state index in [0.717, 1.165) is 18.8 Å². The summed E-state index contributed by atoms with van der Waals surface area (Å²) >= 11 is 0. The minimum Gasteiger partial charge on any atom is -0.490 e. The molecule has 1 N–H and O–H groups in total. The number of nitro benzene ring substituents is 1. The molecule has 0 spiro atoms. The number of hydrogen-bond donors (Lipinski definition) is 1. The van der Waals surface area contributed by atoms with E-state index in [0.29, 0.717) is 11.4 Å². The van der Waals surface area contributed by atoms with Gasteiger partial charge in [0, 0.05) is 36.6 Å². The maximum Gasteiger partial charge on any atom is 0.311 e. The summed E-state index contributed by atoms with van der Waals surface area (Å²) in [6.07, 6.45) is 3.71. The lowest BCUT2D eigenvalue weighted by Gasteiger charge is -2.28. The fourth-order valence-electron chi connectivity index (χ4n) is 3.15. The molecule has 0 unspecified atom stereocenters. The third-order valence-electron chi connectivity index (χ3n) is 4.59. The van der Waals surface area contributed by atoms with Crippen molar-refractivity contribution in [1.29, 1.82) is 0 Å². The molecule has 1 aliphatic heterocycles. The van der Waals surface area contributed by atoms with Crippen molar-refractivity contribution < 1.29 is 19.2 Å². The first kappa shape index (κ1) is 19.5. The van der Waals surface area contributed by atoms with Gasteiger partial charge in [-0.25, -0.2) is 0 Å². The Morgan fingerprint density at radius 2 is 1.86 bits per heavy atom. The topological polar surface area (TPSA) is 93.9 Å². The molecule has 0 saturated carbocycles. The van der Waals surface area contributed by atoms with Crippen LogP contribution in [0.1, 0.15) is 19.3 Å². The zero-order valence-corrected chi connectivity index (χ0v) is 15.7. The van der Waals surface area contributed by atoms with Crippen molar-refractivity contribution in [2.45, 2.75) is 19.3 Å². The van der Waals surface area contributed by atoms with E-state index in [9.17, 15) is 14.9 Å². The Morgan fingerprint density at radius 3 is 2.50 bits per heavy atom. The zero-order valence-electron chi connectivity index (χ0n) is 15.7. The first-order chi connectivity index (χ1) is 13.6. The van der Waals surface area contributed by atoms with Gasteiger partial charge in [-0.05, 0) is 49.6 Å². The summed E-state index contributed by atoms with van der Waals surface area (Å²) in [5.41, 5.74) is 1.69. The van der Waals surface area contributed by atoms with Crippen LogP contribution >= 0.6 is 0 Å². The molecule has 0 radical (unpaired) electrons. The molecule has 28 heavy (non-hydrogen) atoms. The SMILES string of the molecule is COc1cc(OCC(=O)Nc2ccc(N3CCCCC3)cc2)ccc1[N+](=O)[O-]. The Labute approximate surface area is 163 Å². The molecular formula is C20H23N3O5. The highest BCUT2D eigenvalue weighted by molar-refractivity contribution is 5.92. The van der Waals surface area contributed by atoms with E-state index in [2.05, 4.69) is 10.2 Å². The van der Waals surface area contributed by atoms with Crippen LogP contribution in [0.5, 0.6) is 11.5 Å². The van der Waals surface area contributed by atoms with E-state index in [1.807, 2.05) is 24.3 Å². The molecule has 3 rings (SSSR count). The Kier molecular flexibility index (Phi) is 6.31. The second-order valence-electron chi connectivity index (χ2n) is 6.52. The van der Waals surface area contributed by atoms with E-state index in [4.69, 9.17) is 9.47 Å². The van der Waals surface area contributed by atoms with Gasteiger partial charge in [0.05, 0.1) is 12.0 Å². The highest BCUT2D eigenvalue weighted by Gasteiger charge is 2.16. The molecule has 1 heterocycles. The summed E-state index contributed by atoms with van der Waals surface area (Å²) in [7, 11) is 1.34. The third kappa shape index (κ3) is 4.91. The van der Waals surface area contributed by atoms with E-state index in [-0.39, 0.29) is 24.0 Å². The Balaban J connectivity index is 1.53. The lowest BCUT2D eigenvalue weighted by molar-refractivity contribution is -0.385. The number of carbonyl (C=O) groups is 1. The summed E-state index contributed by atoms with van der Waals surface area (Å²) < 4.78 is 10.4. The number of anilines is 2. The van der Waals surface area contributed by atoms with Crippen LogP contribution in [-0.2, 0) is 4.79 Å². The van der Waals surface area contributed by atoms with Crippen molar-refractivity contribution in [1.82, 2.24) is 0 Å². The van der Waals surface area contributed by atoms with Gasteiger partial charge in [-0.2, -0.15) is 0 Å². The van der Waals surface area contributed by atoms with Gasteiger partial charge in [-0.15, -0.1) is 0 Å². The average Bonchev–Trinajstić information content (AvgIpc) is 2.73. The van der Waals surface area contributed by atoms with Crippen LogP contribution in [0.2, 0.25) is 0 Å². The monoisotopic (exact) mass is 385 g/mol. The molecule has 2 aromatic carbocycles. The first-order valence-electron chi connectivity index (χ1n) is 9.17. The lowest BCUT2D eigenvalue weighted by Crippen LogP contribution is -2.29.